The number of ether oxygens (including phenoxy) is 1. The van der Waals surface area contributed by atoms with E-state index >= 15 is 0 Å². The summed E-state index contributed by atoms with van der Waals surface area (Å²) in [5, 5.41) is 3.02. The number of rotatable bonds is 4. The first-order valence-corrected chi connectivity index (χ1v) is 5.17. The van der Waals surface area contributed by atoms with E-state index in [9.17, 15) is 9.59 Å². The van der Waals surface area contributed by atoms with Crippen LogP contribution < -0.4 is 5.32 Å². The molecule has 0 atom stereocenters. The fourth-order valence-corrected chi connectivity index (χ4v) is 1.29. The second-order valence-electron chi connectivity index (χ2n) is 3.61. The van der Waals surface area contributed by atoms with Gasteiger partial charge in [0, 0.05) is 23.0 Å². The molecule has 4 heteroatoms. The summed E-state index contributed by atoms with van der Waals surface area (Å²) in [5.41, 5.74) is 2.14. The highest BCUT2D eigenvalue weighted by molar-refractivity contribution is 5.94. The van der Waals surface area contributed by atoms with E-state index in [1.807, 2.05) is 0 Å². The van der Waals surface area contributed by atoms with Crippen LogP contribution in [0.15, 0.2) is 36.0 Å². The van der Waals surface area contributed by atoms with Crippen molar-refractivity contribution >= 4 is 17.4 Å². The Morgan fingerprint density at radius 3 is 2.24 bits per heavy atom. The zero-order valence-electron chi connectivity index (χ0n) is 10.1. The number of Topliss-reactive ketones (excluding diaryl/α,β-unsaturated/α-hetero) is 1. The van der Waals surface area contributed by atoms with E-state index in [4.69, 9.17) is 0 Å². The van der Waals surface area contributed by atoms with Crippen molar-refractivity contribution in [1.82, 2.24) is 0 Å². The van der Waals surface area contributed by atoms with Gasteiger partial charge in [-0.05, 0) is 38.1 Å². The number of esters is 1. The Balaban J connectivity index is 2.72. The Kier molecular flexibility index (Phi) is 4.46. The molecule has 1 aromatic carbocycles. The maximum absolute atomic E-state index is 11.1. The van der Waals surface area contributed by atoms with Crippen LogP contribution in [-0.4, -0.2) is 18.9 Å². The average molecular weight is 233 g/mol. The normalized spacial score (nSPS) is 10.9. The number of benzene rings is 1. The summed E-state index contributed by atoms with van der Waals surface area (Å²) in [5.74, 6) is -0.381. The third kappa shape index (κ3) is 4.10. The van der Waals surface area contributed by atoms with Crippen molar-refractivity contribution < 1.29 is 14.3 Å². The summed E-state index contributed by atoms with van der Waals surface area (Å²) in [6, 6.07) is 7.03. The highest BCUT2D eigenvalue weighted by atomic mass is 16.5. The predicted octanol–water partition coefficient (Wildman–Crippen LogP) is 2.38. The Labute approximate surface area is 100 Å². The van der Waals surface area contributed by atoms with Crippen LogP contribution in [0.4, 0.5) is 5.69 Å². The minimum absolute atomic E-state index is 0.0263. The van der Waals surface area contributed by atoms with Gasteiger partial charge in [0.25, 0.3) is 0 Å². The lowest BCUT2D eigenvalue weighted by atomic mass is 10.1. The molecule has 0 aliphatic rings. The quantitative estimate of drug-likeness (QED) is 0.493. The molecule has 0 fully saturated rings. The number of allylic oxidation sites excluding steroid dienone is 1. The van der Waals surface area contributed by atoms with E-state index < -0.39 is 5.97 Å². The minimum atomic E-state index is -0.407. The number of nitrogens with one attached hydrogen (secondary N) is 1. The van der Waals surface area contributed by atoms with Gasteiger partial charge >= 0.3 is 5.97 Å². The van der Waals surface area contributed by atoms with E-state index in [1.165, 1.54) is 20.1 Å². The van der Waals surface area contributed by atoms with E-state index in [0.29, 0.717) is 11.3 Å². The number of methoxy groups -OCH3 is 1. The standard InChI is InChI=1S/C13H15NO3/c1-9(8-13(16)17-3)14-12-6-4-11(5-7-12)10(2)15/h4-8,14H,1-3H3. The van der Waals surface area contributed by atoms with E-state index in [1.54, 1.807) is 31.2 Å². The maximum atomic E-state index is 11.1. The van der Waals surface area contributed by atoms with E-state index in [2.05, 4.69) is 10.1 Å². The van der Waals surface area contributed by atoms with Gasteiger partial charge < -0.3 is 10.1 Å². The smallest absolute Gasteiger partial charge is 0.332 e. The van der Waals surface area contributed by atoms with Crippen molar-refractivity contribution in [3.05, 3.63) is 41.6 Å². The van der Waals surface area contributed by atoms with Crippen molar-refractivity contribution in [3.8, 4) is 0 Å². The summed E-state index contributed by atoms with van der Waals surface area (Å²) in [4.78, 5) is 22.0. The first kappa shape index (κ1) is 13.0. The molecule has 1 rings (SSSR count). The first-order chi connectivity index (χ1) is 8.02. The maximum Gasteiger partial charge on any atom is 0.332 e. The number of hydrogen-bond donors (Lipinski definition) is 1. The highest BCUT2D eigenvalue weighted by Crippen LogP contribution is 2.12. The molecule has 0 saturated heterocycles. The Morgan fingerprint density at radius 1 is 1.18 bits per heavy atom. The molecule has 17 heavy (non-hydrogen) atoms. The van der Waals surface area contributed by atoms with Gasteiger partial charge in [0.05, 0.1) is 7.11 Å². The van der Waals surface area contributed by atoms with Crippen molar-refractivity contribution in [2.75, 3.05) is 12.4 Å². The molecule has 0 saturated carbocycles. The molecule has 0 amide bonds. The van der Waals surface area contributed by atoms with Gasteiger partial charge in [0.15, 0.2) is 5.78 Å². The van der Waals surface area contributed by atoms with Gasteiger partial charge in [-0.15, -0.1) is 0 Å². The molecule has 4 nitrogen and oxygen atoms in total. The lowest BCUT2D eigenvalue weighted by Crippen LogP contribution is -2.02. The summed E-state index contributed by atoms with van der Waals surface area (Å²) in [6.45, 7) is 3.28. The molecule has 0 spiro atoms. The van der Waals surface area contributed by atoms with Crippen molar-refractivity contribution in [1.29, 1.82) is 0 Å². The van der Waals surface area contributed by atoms with E-state index in [0.717, 1.165) is 5.69 Å². The molecule has 0 aliphatic heterocycles. The van der Waals surface area contributed by atoms with Crippen LogP contribution in [0.3, 0.4) is 0 Å². The van der Waals surface area contributed by atoms with E-state index in [-0.39, 0.29) is 5.78 Å². The van der Waals surface area contributed by atoms with Crippen LogP contribution in [-0.2, 0) is 9.53 Å². The van der Waals surface area contributed by atoms with Crippen LogP contribution in [0.25, 0.3) is 0 Å². The number of ketones is 1. The minimum Gasteiger partial charge on any atom is -0.466 e. The molecule has 0 heterocycles. The molecule has 90 valence electrons. The third-order valence-corrected chi connectivity index (χ3v) is 2.17. The second kappa shape index (κ2) is 5.84. The number of anilines is 1. The number of carbonyl (C=O) groups excluding carboxylic acids is 2. The lowest BCUT2D eigenvalue weighted by Gasteiger charge is -2.06. The number of carbonyl (C=O) groups is 2. The van der Waals surface area contributed by atoms with Crippen molar-refractivity contribution in [2.24, 2.45) is 0 Å². The van der Waals surface area contributed by atoms with Gasteiger partial charge in [-0.3, -0.25) is 4.79 Å². The van der Waals surface area contributed by atoms with Gasteiger partial charge in [-0.25, -0.2) is 4.79 Å². The molecule has 1 aromatic rings. The monoisotopic (exact) mass is 233 g/mol. The van der Waals surface area contributed by atoms with Crippen LogP contribution >= 0.6 is 0 Å². The Morgan fingerprint density at radius 2 is 1.76 bits per heavy atom. The SMILES string of the molecule is COC(=O)C=C(C)Nc1ccc(C(C)=O)cc1. The molecule has 0 bridgehead atoms. The molecular weight excluding hydrogens is 218 g/mol. The highest BCUT2D eigenvalue weighted by Gasteiger charge is 2.00. The van der Waals surface area contributed by atoms with Crippen LogP contribution in [0.1, 0.15) is 24.2 Å². The lowest BCUT2D eigenvalue weighted by molar-refractivity contribution is -0.134. The van der Waals surface area contributed by atoms with Crippen LogP contribution in [0, 0.1) is 0 Å². The van der Waals surface area contributed by atoms with Crippen molar-refractivity contribution in [3.63, 3.8) is 0 Å². The molecule has 0 radical (unpaired) electrons. The Bertz CT molecular complexity index is 446. The molecule has 1 N–H and O–H groups in total. The summed E-state index contributed by atoms with van der Waals surface area (Å²) < 4.78 is 4.51. The average Bonchev–Trinajstić information content (AvgIpc) is 2.29. The molecule has 0 aliphatic carbocycles. The Hall–Kier alpha value is -2.10. The zero-order valence-corrected chi connectivity index (χ0v) is 10.1. The summed E-state index contributed by atoms with van der Waals surface area (Å²) >= 11 is 0. The summed E-state index contributed by atoms with van der Waals surface area (Å²) in [7, 11) is 1.33. The van der Waals surface area contributed by atoms with Gasteiger partial charge in [0.2, 0.25) is 0 Å². The third-order valence-electron chi connectivity index (χ3n) is 2.17. The van der Waals surface area contributed by atoms with Crippen LogP contribution in [0.5, 0.6) is 0 Å². The topological polar surface area (TPSA) is 55.4 Å². The van der Waals surface area contributed by atoms with Crippen LogP contribution in [0.2, 0.25) is 0 Å². The van der Waals surface area contributed by atoms with Crippen molar-refractivity contribution in [2.45, 2.75) is 13.8 Å². The largest absolute Gasteiger partial charge is 0.466 e. The van der Waals surface area contributed by atoms with Gasteiger partial charge in [0.1, 0.15) is 0 Å². The second-order valence-corrected chi connectivity index (χ2v) is 3.61. The first-order valence-electron chi connectivity index (χ1n) is 5.17. The number of hydrogen-bond acceptors (Lipinski definition) is 4. The molecular formula is C13H15NO3. The molecule has 0 unspecified atom stereocenters. The van der Waals surface area contributed by atoms with Gasteiger partial charge in [-0.2, -0.15) is 0 Å². The fraction of sp³-hybridized carbons (Fsp3) is 0.231. The molecule has 0 aromatic heterocycles. The fourth-order valence-electron chi connectivity index (χ4n) is 1.29. The van der Waals surface area contributed by atoms with Gasteiger partial charge in [-0.1, -0.05) is 0 Å². The predicted molar refractivity (Wildman–Crippen MR) is 65.8 cm³/mol. The zero-order chi connectivity index (χ0) is 12.8. The summed E-state index contributed by atoms with van der Waals surface area (Å²) in [6.07, 6.45) is 1.36.